The Morgan fingerprint density at radius 3 is 2.30 bits per heavy atom. The van der Waals surface area contributed by atoms with Gasteiger partial charge in [-0.2, -0.15) is 0 Å². The third-order valence-electron chi connectivity index (χ3n) is 8.65. The molecule has 0 aliphatic heterocycles. The lowest BCUT2D eigenvalue weighted by Crippen LogP contribution is -2.41. The van der Waals surface area contributed by atoms with E-state index >= 15 is 0 Å². The van der Waals surface area contributed by atoms with Crippen LogP contribution in [0.3, 0.4) is 0 Å². The molecule has 1 amide bonds. The number of likely N-dealkylation sites (N-methyl/N-ethyl adjacent to an activating group) is 1. The highest BCUT2D eigenvalue weighted by molar-refractivity contribution is 5.82. The van der Waals surface area contributed by atoms with Gasteiger partial charge in [-0.05, 0) is 135 Å². The highest BCUT2D eigenvalue weighted by atomic mass is 19.3. The van der Waals surface area contributed by atoms with Gasteiger partial charge in [-0.3, -0.25) is 14.4 Å². The van der Waals surface area contributed by atoms with E-state index in [0.717, 1.165) is 57.2 Å². The number of hydrogen-bond acceptors (Lipinski definition) is 4. The molecule has 10 heteroatoms. The van der Waals surface area contributed by atoms with E-state index in [1.165, 1.54) is 24.4 Å². The molecule has 2 atom stereocenters. The average molecular weight is 640 g/mol. The van der Waals surface area contributed by atoms with Crippen molar-refractivity contribution in [3.8, 4) is 11.1 Å². The van der Waals surface area contributed by atoms with Crippen molar-refractivity contribution in [2.24, 2.45) is 5.92 Å². The maximum atomic E-state index is 14.2. The van der Waals surface area contributed by atoms with Gasteiger partial charge in [0.25, 0.3) is 12.0 Å². The van der Waals surface area contributed by atoms with Crippen molar-refractivity contribution >= 4 is 11.9 Å². The first-order valence-electron chi connectivity index (χ1n) is 15.8. The van der Waals surface area contributed by atoms with Crippen LogP contribution >= 0.6 is 0 Å². The molecular formula is C36H44F3N3O4. The van der Waals surface area contributed by atoms with Gasteiger partial charge in [0.05, 0.1) is 18.0 Å². The van der Waals surface area contributed by atoms with Crippen LogP contribution < -0.4 is 10.9 Å². The van der Waals surface area contributed by atoms with Gasteiger partial charge in [-0.25, -0.2) is 13.2 Å². The molecule has 0 radical (unpaired) electrons. The highest BCUT2D eigenvalue weighted by Crippen LogP contribution is 2.39. The van der Waals surface area contributed by atoms with E-state index in [-0.39, 0.29) is 18.2 Å². The first-order chi connectivity index (χ1) is 21.7. The normalized spacial score (nSPS) is 14.2. The zero-order chi connectivity index (χ0) is 33.9. The molecule has 0 saturated carbocycles. The molecule has 7 nitrogen and oxygen atoms in total. The number of pyridine rings is 1. The maximum Gasteiger partial charge on any atom is 0.305 e. The van der Waals surface area contributed by atoms with Crippen LogP contribution in [0.5, 0.6) is 0 Å². The van der Waals surface area contributed by atoms with Gasteiger partial charge in [0.1, 0.15) is 11.9 Å². The smallest absolute Gasteiger partial charge is 0.305 e. The summed E-state index contributed by atoms with van der Waals surface area (Å²) in [5.41, 5.74) is 4.90. The van der Waals surface area contributed by atoms with Gasteiger partial charge in [0, 0.05) is 12.7 Å². The summed E-state index contributed by atoms with van der Waals surface area (Å²) >= 11 is 0. The van der Waals surface area contributed by atoms with Gasteiger partial charge in [-0.15, -0.1) is 0 Å². The predicted octanol–water partition coefficient (Wildman–Crippen LogP) is 6.72. The minimum Gasteiger partial charge on any atom is -0.481 e. The number of carboxylic acids is 1. The number of alkyl halides is 2. The molecule has 1 aliphatic carbocycles. The molecule has 1 aliphatic rings. The number of fused-ring (bicyclic) bond motifs is 1. The number of aliphatic carboxylic acids is 1. The molecule has 1 aromatic heterocycles. The quantitative estimate of drug-likeness (QED) is 0.217. The van der Waals surface area contributed by atoms with Gasteiger partial charge in [-0.1, -0.05) is 19.9 Å². The van der Waals surface area contributed by atoms with E-state index in [2.05, 4.69) is 5.32 Å². The van der Waals surface area contributed by atoms with Crippen molar-refractivity contribution in [1.29, 1.82) is 0 Å². The van der Waals surface area contributed by atoms with Crippen molar-refractivity contribution < 1.29 is 27.9 Å². The first-order valence-corrected chi connectivity index (χ1v) is 15.8. The fraction of sp³-hybridized carbons (Fsp3) is 0.472. The number of carboxylic acid groups (broad SMARTS) is 1. The Morgan fingerprint density at radius 2 is 1.72 bits per heavy atom. The molecule has 2 N–H and O–H groups in total. The second-order valence-corrected chi connectivity index (χ2v) is 13.1. The van der Waals surface area contributed by atoms with Gasteiger partial charge >= 0.3 is 5.97 Å². The van der Waals surface area contributed by atoms with Crippen molar-refractivity contribution in [3.63, 3.8) is 0 Å². The molecule has 0 fully saturated rings. The lowest BCUT2D eigenvalue weighted by Gasteiger charge is -2.27. The predicted molar refractivity (Wildman–Crippen MR) is 173 cm³/mol. The summed E-state index contributed by atoms with van der Waals surface area (Å²) in [4.78, 5) is 41.5. The monoisotopic (exact) mass is 639 g/mol. The molecule has 3 aromatic rings. The van der Waals surface area contributed by atoms with E-state index in [0.29, 0.717) is 24.1 Å². The summed E-state index contributed by atoms with van der Waals surface area (Å²) in [5, 5.41) is 12.8. The lowest BCUT2D eigenvalue weighted by molar-refractivity contribution is -0.138. The Hall–Kier alpha value is -3.92. The lowest BCUT2D eigenvalue weighted by atomic mass is 9.87. The van der Waals surface area contributed by atoms with Crippen LogP contribution in [-0.4, -0.2) is 47.1 Å². The molecular weight excluding hydrogens is 595 g/mol. The Bertz CT molecular complexity index is 1640. The highest BCUT2D eigenvalue weighted by Gasteiger charge is 2.30. The molecule has 0 bridgehead atoms. The van der Waals surface area contributed by atoms with Crippen LogP contribution in [-0.2, 0) is 28.9 Å². The average Bonchev–Trinajstić information content (AvgIpc) is 3.43. The van der Waals surface area contributed by atoms with Gasteiger partial charge < -0.3 is 19.9 Å². The fourth-order valence-corrected chi connectivity index (χ4v) is 6.54. The van der Waals surface area contributed by atoms with Crippen molar-refractivity contribution in [2.75, 3.05) is 20.6 Å². The van der Waals surface area contributed by atoms with E-state index in [4.69, 9.17) is 0 Å². The van der Waals surface area contributed by atoms with Crippen LogP contribution in [0.25, 0.3) is 11.1 Å². The molecule has 2 aromatic carbocycles. The molecule has 46 heavy (non-hydrogen) atoms. The number of carbonyl (C=O) groups is 2. The number of aromatic nitrogens is 1. The van der Waals surface area contributed by atoms with Crippen molar-refractivity contribution in [1.82, 2.24) is 14.8 Å². The number of carbonyl (C=O) groups excluding carboxylic acids is 1. The van der Waals surface area contributed by atoms with Gasteiger partial charge in [0.2, 0.25) is 5.91 Å². The topological polar surface area (TPSA) is 91.6 Å². The number of amides is 1. The number of nitrogens with zero attached hydrogens (tertiary/aromatic N) is 2. The van der Waals surface area contributed by atoms with Crippen LogP contribution in [0.4, 0.5) is 13.2 Å². The van der Waals surface area contributed by atoms with Crippen LogP contribution in [0.1, 0.15) is 90.6 Å². The van der Waals surface area contributed by atoms with E-state index in [9.17, 15) is 32.7 Å². The minimum atomic E-state index is -3.02. The maximum absolute atomic E-state index is 14.2. The Labute approximate surface area is 268 Å². The number of halogens is 3. The van der Waals surface area contributed by atoms with Crippen molar-refractivity contribution in [2.45, 2.75) is 84.7 Å². The summed E-state index contributed by atoms with van der Waals surface area (Å²) in [5.74, 6) is -2.18. The van der Waals surface area contributed by atoms with Crippen LogP contribution in [0.2, 0.25) is 0 Å². The third kappa shape index (κ3) is 8.07. The molecule has 0 unspecified atom stereocenters. The van der Waals surface area contributed by atoms with Crippen molar-refractivity contribution in [3.05, 3.63) is 91.6 Å². The number of nitrogens with one attached hydrogen (secondary N) is 1. The summed E-state index contributed by atoms with van der Waals surface area (Å²) in [7, 11) is 3.70. The summed E-state index contributed by atoms with van der Waals surface area (Å²) < 4.78 is 43.4. The number of aryl methyl sites for hydroxylation is 3. The zero-order valence-corrected chi connectivity index (χ0v) is 27.4. The SMILES string of the molecule is Cc1cc(F)cc(C)c1-c1cc([C@@H](CC(=O)O)NC(=O)[C@@H](CC(C)C)n2cc(CCN(C)C)cc(C(F)F)c2=O)cc2c1CCC2. The largest absolute Gasteiger partial charge is 0.481 e. The van der Waals surface area contributed by atoms with E-state index in [1.54, 1.807) is 0 Å². The number of hydrogen-bond donors (Lipinski definition) is 2. The second kappa shape index (κ2) is 14.7. The standard InChI is InChI=1S/C36H44F3N3O4/c1-20(2)12-31(42-19-23(10-11-41(5)6)15-29(34(38)39)36(42)46)35(45)40-30(18-32(43)44)25-16-24-8-7-9-27(24)28(17-25)33-21(3)13-26(37)14-22(33)4/h13-17,19-20,30-31,34H,7-12,18H2,1-6H3,(H,40,45)(H,43,44)/t30-,31-/m1/s1. The Balaban J connectivity index is 1.80. The molecule has 0 saturated heterocycles. The van der Waals surface area contributed by atoms with E-state index < -0.39 is 47.9 Å². The summed E-state index contributed by atoms with van der Waals surface area (Å²) in [6.45, 7) is 7.96. The zero-order valence-electron chi connectivity index (χ0n) is 27.4. The summed E-state index contributed by atoms with van der Waals surface area (Å²) in [6.07, 6.45) is 1.11. The molecule has 4 rings (SSSR count). The Kier molecular flexibility index (Phi) is 11.1. The molecule has 1 heterocycles. The summed E-state index contributed by atoms with van der Waals surface area (Å²) in [6, 6.07) is 5.85. The number of benzene rings is 2. The fourth-order valence-electron chi connectivity index (χ4n) is 6.54. The van der Waals surface area contributed by atoms with Crippen LogP contribution in [0, 0.1) is 25.6 Å². The van der Waals surface area contributed by atoms with E-state index in [1.807, 2.05) is 58.8 Å². The molecule has 0 spiro atoms. The Morgan fingerprint density at radius 1 is 1.04 bits per heavy atom. The van der Waals surface area contributed by atoms with Crippen LogP contribution in [0.15, 0.2) is 41.3 Å². The minimum absolute atomic E-state index is 0.0861. The molecule has 248 valence electrons. The first kappa shape index (κ1) is 34.9. The third-order valence-corrected chi connectivity index (χ3v) is 8.65. The van der Waals surface area contributed by atoms with Gasteiger partial charge in [0.15, 0.2) is 0 Å². The second-order valence-electron chi connectivity index (χ2n) is 13.1. The number of rotatable bonds is 13.